The Labute approximate surface area is 87.6 Å². The summed E-state index contributed by atoms with van der Waals surface area (Å²) in [6.07, 6.45) is 0. The van der Waals surface area contributed by atoms with E-state index in [1.54, 1.807) is 26.0 Å². The minimum atomic E-state index is -0.351. The molecule has 5 heteroatoms. The Kier molecular flexibility index (Phi) is 3.49. The van der Waals surface area contributed by atoms with Crippen LogP contribution in [0.5, 0.6) is 0 Å². The number of nitrogens with zero attached hydrogens (tertiary/aromatic N) is 1. The number of amidine groups is 1. The quantitative estimate of drug-likeness (QED) is 0.308. The molecule has 4 N–H and O–H groups in total. The highest BCUT2D eigenvalue weighted by atomic mass is 19.1. The molecule has 0 aromatic heterocycles. The van der Waals surface area contributed by atoms with E-state index in [-0.39, 0.29) is 17.7 Å². The molecular weight excluding hydrogens is 197 g/mol. The predicted octanol–water partition coefficient (Wildman–Crippen LogP) is 1.68. The summed E-state index contributed by atoms with van der Waals surface area (Å²) >= 11 is 0. The number of halogens is 1. The molecule has 1 rings (SSSR count). The normalized spacial score (nSPS) is 13.7. The van der Waals surface area contributed by atoms with Crippen molar-refractivity contribution < 1.29 is 9.60 Å². The highest BCUT2D eigenvalue weighted by Gasteiger charge is 2.09. The number of oxime groups is 1. The van der Waals surface area contributed by atoms with E-state index >= 15 is 0 Å². The van der Waals surface area contributed by atoms with Gasteiger partial charge in [0.1, 0.15) is 5.82 Å². The average molecular weight is 211 g/mol. The molecule has 0 spiro atoms. The maximum atomic E-state index is 13.2. The molecule has 0 radical (unpaired) electrons. The summed E-state index contributed by atoms with van der Waals surface area (Å²) in [5.74, 6) is -0.231. The molecule has 0 saturated carbocycles. The largest absolute Gasteiger partial charge is 0.409 e. The first-order valence-corrected chi connectivity index (χ1v) is 4.55. The molecule has 0 heterocycles. The van der Waals surface area contributed by atoms with Crippen LogP contribution in [0.3, 0.4) is 0 Å². The lowest BCUT2D eigenvalue weighted by Crippen LogP contribution is -2.33. The number of anilines is 1. The average Bonchev–Trinajstić information content (AvgIpc) is 2.23. The monoisotopic (exact) mass is 211 g/mol. The summed E-state index contributed by atoms with van der Waals surface area (Å²) < 4.78 is 13.2. The number of hydrogen-bond donors (Lipinski definition) is 3. The summed E-state index contributed by atoms with van der Waals surface area (Å²) in [5, 5.41) is 14.3. The van der Waals surface area contributed by atoms with Crippen LogP contribution in [0.1, 0.15) is 12.5 Å². The van der Waals surface area contributed by atoms with Gasteiger partial charge in [-0.3, -0.25) is 0 Å². The van der Waals surface area contributed by atoms with Gasteiger partial charge in [0.15, 0.2) is 5.84 Å². The fourth-order valence-corrected chi connectivity index (χ4v) is 1.16. The van der Waals surface area contributed by atoms with Crippen molar-refractivity contribution in [1.82, 2.24) is 0 Å². The van der Waals surface area contributed by atoms with Gasteiger partial charge in [0.05, 0.1) is 6.04 Å². The molecular formula is C10H14FN3O. The Morgan fingerprint density at radius 1 is 1.60 bits per heavy atom. The Morgan fingerprint density at radius 3 is 2.87 bits per heavy atom. The topological polar surface area (TPSA) is 70.6 Å². The van der Waals surface area contributed by atoms with E-state index in [1.165, 1.54) is 6.07 Å². The van der Waals surface area contributed by atoms with Gasteiger partial charge in [-0.2, -0.15) is 0 Å². The molecule has 1 atom stereocenters. The number of benzene rings is 1. The van der Waals surface area contributed by atoms with Gasteiger partial charge in [-0.1, -0.05) is 11.2 Å². The molecule has 0 aliphatic heterocycles. The number of rotatable bonds is 3. The van der Waals surface area contributed by atoms with Crippen LogP contribution in [0.2, 0.25) is 0 Å². The van der Waals surface area contributed by atoms with Gasteiger partial charge >= 0.3 is 0 Å². The lowest BCUT2D eigenvalue weighted by molar-refractivity contribution is 0.316. The lowest BCUT2D eigenvalue weighted by Gasteiger charge is -2.15. The van der Waals surface area contributed by atoms with Crippen molar-refractivity contribution in [2.75, 3.05) is 5.32 Å². The third-order valence-corrected chi connectivity index (χ3v) is 2.20. The fourth-order valence-electron chi connectivity index (χ4n) is 1.16. The van der Waals surface area contributed by atoms with Crippen molar-refractivity contribution in [2.45, 2.75) is 19.9 Å². The van der Waals surface area contributed by atoms with Crippen molar-refractivity contribution in [3.8, 4) is 0 Å². The molecule has 0 amide bonds. The van der Waals surface area contributed by atoms with Crippen LogP contribution >= 0.6 is 0 Å². The number of nitrogens with one attached hydrogen (secondary N) is 1. The van der Waals surface area contributed by atoms with Crippen molar-refractivity contribution in [3.63, 3.8) is 0 Å². The minimum Gasteiger partial charge on any atom is -0.409 e. The van der Waals surface area contributed by atoms with Crippen LogP contribution in [-0.2, 0) is 0 Å². The van der Waals surface area contributed by atoms with Gasteiger partial charge in [0, 0.05) is 11.3 Å². The molecule has 0 bridgehead atoms. The zero-order chi connectivity index (χ0) is 11.4. The van der Waals surface area contributed by atoms with E-state index in [0.29, 0.717) is 11.3 Å². The van der Waals surface area contributed by atoms with Gasteiger partial charge < -0.3 is 16.3 Å². The third kappa shape index (κ3) is 2.59. The molecule has 82 valence electrons. The Hall–Kier alpha value is -1.78. The summed E-state index contributed by atoms with van der Waals surface area (Å²) in [4.78, 5) is 0. The third-order valence-electron chi connectivity index (χ3n) is 2.20. The second kappa shape index (κ2) is 4.63. The van der Waals surface area contributed by atoms with E-state index in [4.69, 9.17) is 10.9 Å². The van der Waals surface area contributed by atoms with Crippen molar-refractivity contribution in [2.24, 2.45) is 10.9 Å². The summed E-state index contributed by atoms with van der Waals surface area (Å²) in [5.41, 5.74) is 6.54. The van der Waals surface area contributed by atoms with E-state index in [9.17, 15) is 4.39 Å². The molecule has 1 aromatic rings. The van der Waals surface area contributed by atoms with Crippen LogP contribution in [0, 0.1) is 12.7 Å². The van der Waals surface area contributed by atoms with Crippen LogP contribution in [-0.4, -0.2) is 17.1 Å². The molecule has 1 aromatic carbocycles. The van der Waals surface area contributed by atoms with Crippen molar-refractivity contribution in [3.05, 3.63) is 29.6 Å². The Balaban J connectivity index is 2.86. The standard InChI is InChI=1S/C10H14FN3O/c1-6-8(11)4-3-5-9(6)13-7(2)10(12)14-15/h3-5,7,13,15H,1-2H3,(H2,12,14). The second-order valence-electron chi connectivity index (χ2n) is 3.30. The smallest absolute Gasteiger partial charge is 0.161 e. The van der Waals surface area contributed by atoms with E-state index < -0.39 is 0 Å². The van der Waals surface area contributed by atoms with Gasteiger partial charge in [-0.15, -0.1) is 0 Å². The van der Waals surface area contributed by atoms with Crippen LogP contribution in [0.4, 0.5) is 10.1 Å². The molecule has 0 fully saturated rings. The number of nitrogens with two attached hydrogens (primary N) is 1. The van der Waals surface area contributed by atoms with Gasteiger partial charge in [-0.05, 0) is 26.0 Å². The maximum absolute atomic E-state index is 13.2. The fraction of sp³-hybridized carbons (Fsp3) is 0.300. The number of hydrogen-bond acceptors (Lipinski definition) is 3. The first-order chi connectivity index (χ1) is 7.06. The van der Waals surface area contributed by atoms with Gasteiger partial charge in [-0.25, -0.2) is 4.39 Å². The van der Waals surface area contributed by atoms with Crippen molar-refractivity contribution >= 4 is 11.5 Å². The van der Waals surface area contributed by atoms with Crippen LogP contribution in [0.15, 0.2) is 23.4 Å². The Morgan fingerprint density at radius 2 is 2.27 bits per heavy atom. The zero-order valence-corrected chi connectivity index (χ0v) is 8.66. The molecule has 4 nitrogen and oxygen atoms in total. The molecule has 0 aliphatic rings. The summed E-state index contributed by atoms with van der Waals surface area (Å²) in [6.45, 7) is 3.38. The highest BCUT2D eigenvalue weighted by Crippen LogP contribution is 2.18. The summed E-state index contributed by atoms with van der Waals surface area (Å²) in [6, 6.07) is 4.37. The minimum absolute atomic E-state index is 0.0543. The summed E-state index contributed by atoms with van der Waals surface area (Å²) in [7, 11) is 0. The first kappa shape index (κ1) is 11.3. The maximum Gasteiger partial charge on any atom is 0.161 e. The molecule has 0 saturated heterocycles. The lowest BCUT2D eigenvalue weighted by atomic mass is 10.1. The van der Waals surface area contributed by atoms with Crippen LogP contribution < -0.4 is 11.1 Å². The van der Waals surface area contributed by atoms with Crippen LogP contribution in [0.25, 0.3) is 0 Å². The van der Waals surface area contributed by atoms with Gasteiger partial charge in [0.2, 0.25) is 0 Å². The molecule has 15 heavy (non-hydrogen) atoms. The molecule has 1 unspecified atom stereocenters. The van der Waals surface area contributed by atoms with E-state index in [0.717, 1.165) is 0 Å². The van der Waals surface area contributed by atoms with Gasteiger partial charge in [0.25, 0.3) is 0 Å². The molecule has 0 aliphatic carbocycles. The van der Waals surface area contributed by atoms with E-state index in [2.05, 4.69) is 10.5 Å². The zero-order valence-electron chi connectivity index (χ0n) is 8.66. The van der Waals surface area contributed by atoms with E-state index in [1.807, 2.05) is 0 Å². The second-order valence-corrected chi connectivity index (χ2v) is 3.30. The Bertz CT molecular complexity index is 379. The predicted molar refractivity (Wildman–Crippen MR) is 57.6 cm³/mol. The SMILES string of the molecule is Cc1c(F)cccc1NC(C)C(N)=NO. The highest BCUT2D eigenvalue weighted by molar-refractivity contribution is 5.87. The first-order valence-electron chi connectivity index (χ1n) is 4.55. The van der Waals surface area contributed by atoms with Crippen molar-refractivity contribution in [1.29, 1.82) is 0 Å².